The van der Waals surface area contributed by atoms with Crippen LogP contribution < -0.4 is 4.90 Å². The lowest BCUT2D eigenvalue weighted by Gasteiger charge is -2.24. The number of carbonyl (C=O) groups excluding carboxylic acids is 2. The molecule has 9 nitrogen and oxygen atoms in total. The molecule has 0 fully saturated rings. The van der Waals surface area contributed by atoms with Gasteiger partial charge in [0.1, 0.15) is 11.5 Å². The quantitative estimate of drug-likeness (QED) is 0.325. The largest absolute Gasteiger partial charge is 0.508 e. The number of aliphatic carboxylic acids is 1. The smallest absolute Gasteiger partial charge is 0.300 e. The number of aryl methyl sites for hydroxylation is 2. The van der Waals surface area contributed by atoms with Crippen molar-refractivity contribution in [3.63, 3.8) is 0 Å². The number of phenols is 1. The van der Waals surface area contributed by atoms with Gasteiger partial charge in [0.05, 0.1) is 21.8 Å². The first kappa shape index (κ1) is 24.7. The average Bonchev–Trinajstić information content (AvgIpc) is 3.49. The van der Waals surface area contributed by atoms with E-state index in [9.17, 15) is 19.8 Å². The van der Waals surface area contributed by atoms with Gasteiger partial charge in [0.25, 0.3) is 11.9 Å². The number of carboxylic acids is 1. The predicted molar refractivity (Wildman–Crippen MR) is 133 cm³/mol. The fraction of sp³-hybridized carbons (Fsp3) is 0.154. The first-order chi connectivity index (χ1) is 17.1. The third-order valence-electron chi connectivity index (χ3n) is 5.34. The second-order valence-electron chi connectivity index (χ2n) is 8.16. The summed E-state index contributed by atoms with van der Waals surface area (Å²) in [5.41, 5.74) is 2.10. The van der Waals surface area contributed by atoms with E-state index in [1.807, 2.05) is 25.1 Å². The zero-order chi connectivity index (χ0) is 26.1. The van der Waals surface area contributed by atoms with E-state index in [4.69, 9.17) is 14.3 Å². The Labute approximate surface area is 209 Å². The van der Waals surface area contributed by atoms with E-state index < -0.39 is 29.5 Å². The number of ketones is 1. The third kappa shape index (κ3) is 4.71. The Morgan fingerprint density at radius 3 is 2.42 bits per heavy atom. The van der Waals surface area contributed by atoms with E-state index in [1.54, 1.807) is 25.1 Å². The van der Waals surface area contributed by atoms with E-state index in [-0.39, 0.29) is 17.1 Å². The summed E-state index contributed by atoms with van der Waals surface area (Å²) in [6.07, 6.45) is 0. The van der Waals surface area contributed by atoms with Gasteiger partial charge >= 0.3 is 0 Å². The lowest BCUT2D eigenvalue weighted by molar-refractivity contribution is -0.134. The topological polar surface area (TPSA) is 141 Å². The van der Waals surface area contributed by atoms with E-state index >= 15 is 0 Å². The minimum Gasteiger partial charge on any atom is -0.508 e. The molecule has 3 heterocycles. The molecule has 2 aromatic heterocycles. The molecule has 36 heavy (non-hydrogen) atoms. The summed E-state index contributed by atoms with van der Waals surface area (Å²) >= 11 is 1.29. The zero-order valence-electron chi connectivity index (χ0n) is 19.6. The van der Waals surface area contributed by atoms with Gasteiger partial charge in [0, 0.05) is 6.92 Å². The highest BCUT2D eigenvalue weighted by Gasteiger charge is 2.46. The maximum absolute atomic E-state index is 13.3. The first-order valence-electron chi connectivity index (χ1n) is 10.8. The number of aromatic nitrogens is 1. The maximum atomic E-state index is 13.3. The Morgan fingerprint density at radius 2 is 1.78 bits per heavy atom. The lowest BCUT2D eigenvalue weighted by Crippen LogP contribution is -2.30. The van der Waals surface area contributed by atoms with Crippen molar-refractivity contribution in [1.29, 1.82) is 0 Å². The molecule has 1 atom stereocenters. The van der Waals surface area contributed by atoms with Gasteiger partial charge in [0.15, 0.2) is 16.7 Å². The van der Waals surface area contributed by atoms with Crippen molar-refractivity contribution in [2.45, 2.75) is 26.8 Å². The first-order valence-corrected chi connectivity index (χ1v) is 11.6. The number of amides is 1. The predicted octanol–water partition coefficient (Wildman–Crippen LogP) is 5.09. The van der Waals surface area contributed by atoms with Crippen molar-refractivity contribution in [3.05, 3.63) is 88.6 Å². The van der Waals surface area contributed by atoms with E-state index in [0.717, 1.165) is 17.2 Å². The second kappa shape index (κ2) is 9.67. The number of hydrogen-bond donors (Lipinski definition) is 3. The Morgan fingerprint density at radius 1 is 1.06 bits per heavy atom. The Bertz CT molecular complexity index is 1530. The SMILES string of the molecule is CC(=O)O.Cc1ccc2nc(N3C(=O)C(O)=C(C(=O)c4ccc(C)o4)C3c3cccc(O)c3)sc2c1. The summed E-state index contributed by atoms with van der Waals surface area (Å²) in [5, 5.41) is 28.6. The van der Waals surface area contributed by atoms with Crippen molar-refractivity contribution in [3.8, 4) is 5.75 Å². The van der Waals surface area contributed by atoms with Crippen LogP contribution in [-0.4, -0.2) is 38.0 Å². The monoisotopic (exact) mass is 506 g/mol. The van der Waals surface area contributed by atoms with Gasteiger partial charge in [-0.15, -0.1) is 0 Å². The molecule has 0 spiro atoms. The van der Waals surface area contributed by atoms with Gasteiger partial charge in [-0.05, 0) is 61.4 Å². The third-order valence-corrected chi connectivity index (χ3v) is 6.36. The molecule has 0 bridgehead atoms. The van der Waals surface area contributed by atoms with Gasteiger partial charge in [0.2, 0.25) is 5.78 Å². The summed E-state index contributed by atoms with van der Waals surface area (Å²) in [6.45, 7) is 4.75. The van der Waals surface area contributed by atoms with Crippen molar-refractivity contribution in [2.24, 2.45) is 0 Å². The molecule has 0 saturated carbocycles. The minimum absolute atomic E-state index is 0.0174. The number of rotatable bonds is 4. The molecule has 5 rings (SSSR count). The van der Waals surface area contributed by atoms with Crippen LogP contribution >= 0.6 is 11.3 Å². The van der Waals surface area contributed by atoms with Crippen molar-refractivity contribution in [1.82, 2.24) is 4.98 Å². The van der Waals surface area contributed by atoms with Gasteiger partial charge < -0.3 is 19.7 Å². The summed E-state index contributed by atoms with van der Waals surface area (Å²) < 4.78 is 6.34. The molecule has 2 aromatic carbocycles. The second-order valence-corrected chi connectivity index (χ2v) is 9.17. The fourth-order valence-corrected chi connectivity index (χ4v) is 4.95. The number of hydrogen-bond acceptors (Lipinski definition) is 8. The fourth-order valence-electron chi connectivity index (χ4n) is 3.86. The number of Topliss-reactive ketones (excluding diaryl/α,β-unsaturated/α-hetero) is 1. The molecule has 1 aliphatic heterocycles. The molecule has 0 saturated heterocycles. The van der Waals surface area contributed by atoms with Crippen LogP contribution in [0.5, 0.6) is 5.75 Å². The molecule has 0 aliphatic carbocycles. The number of carboxylic acid groups (broad SMARTS) is 1. The number of phenolic OH excluding ortho intramolecular Hbond substituents is 1. The number of fused-ring (bicyclic) bond motifs is 1. The van der Waals surface area contributed by atoms with E-state index in [1.165, 1.54) is 34.4 Å². The van der Waals surface area contributed by atoms with Gasteiger partial charge in [-0.25, -0.2) is 4.98 Å². The highest BCUT2D eigenvalue weighted by atomic mass is 32.1. The summed E-state index contributed by atoms with van der Waals surface area (Å²) in [6, 6.07) is 14.2. The van der Waals surface area contributed by atoms with E-state index in [2.05, 4.69) is 4.98 Å². The highest BCUT2D eigenvalue weighted by Crippen LogP contribution is 2.44. The number of furan rings is 1. The molecule has 0 radical (unpaired) electrons. The zero-order valence-corrected chi connectivity index (χ0v) is 20.4. The van der Waals surface area contributed by atoms with Crippen LogP contribution in [0.15, 0.2) is 70.3 Å². The molecule has 3 N–H and O–H groups in total. The summed E-state index contributed by atoms with van der Waals surface area (Å²) in [5.74, 6) is -2.30. The standard InChI is InChI=1S/C24H18N2O5S.C2H4O2/c1-12-6-8-16-18(10-12)32-24(25-16)26-20(14-4-3-5-15(27)11-14)19(22(29)23(26)30)21(28)17-9-7-13(2)31-17;1-2(3)4/h3-11,20,27,29H,1-2H3;1H3,(H,3,4). The van der Waals surface area contributed by atoms with Crippen molar-refractivity contribution < 1.29 is 34.1 Å². The molecule has 1 unspecified atom stereocenters. The van der Waals surface area contributed by atoms with Crippen LogP contribution in [0, 0.1) is 13.8 Å². The van der Waals surface area contributed by atoms with Gasteiger partial charge in [-0.3, -0.25) is 19.3 Å². The number of benzene rings is 2. The van der Waals surface area contributed by atoms with Crippen LogP contribution in [0.4, 0.5) is 5.13 Å². The Kier molecular flexibility index (Phi) is 6.63. The Balaban J connectivity index is 0.000000709. The van der Waals surface area contributed by atoms with E-state index in [0.29, 0.717) is 22.0 Å². The molecule has 184 valence electrons. The van der Waals surface area contributed by atoms with Crippen LogP contribution in [0.1, 0.15) is 40.4 Å². The average molecular weight is 507 g/mol. The highest BCUT2D eigenvalue weighted by molar-refractivity contribution is 7.22. The van der Waals surface area contributed by atoms with Gasteiger partial charge in [-0.1, -0.05) is 29.5 Å². The molecule has 4 aromatic rings. The van der Waals surface area contributed by atoms with Gasteiger partial charge in [-0.2, -0.15) is 0 Å². The number of thiazole rings is 1. The normalized spacial score (nSPS) is 15.2. The Hall–Kier alpha value is -4.44. The summed E-state index contributed by atoms with van der Waals surface area (Å²) in [4.78, 5) is 41.4. The van der Waals surface area contributed by atoms with Crippen LogP contribution in [0.25, 0.3) is 10.2 Å². The number of aromatic hydroxyl groups is 1. The lowest BCUT2D eigenvalue weighted by atomic mass is 9.95. The molecule has 1 amide bonds. The van der Waals surface area contributed by atoms with Crippen LogP contribution in [0.2, 0.25) is 0 Å². The number of aliphatic hydroxyl groups is 1. The number of aliphatic hydroxyl groups excluding tert-OH is 1. The summed E-state index contributed by atoms with van der Waals surface area (Å²) in [7, 11) is 0. The minimum atomic E-state index is -0.978. The number of nitrogens with zero attached hydrogens (tertiary/aromatic N) is 2. The van der Waals surface area contributed by atoms with Crippen LogP contribution in [-0.2, 0) is 9.59 Å². The van der Waals surface area contributed by atoms with Crippen molar-refractivity contribution in [2.75, 3.05) is 4.90 Å². The van der Waals surface area contributed by atoms with Crippen molar-refractivity contribution >= 4 is 44.3 Å². The molecular formula is C26H22N2O7S. The number of carbonyl (C=O) groups is 3. The molecule has 10 heteroatoms. The number of anilines is 1. The van der Waals surface area contributed by atoms with Crippen LogP contribution in [0.3, 0.4) is 0 Å². The molecular weight excluding hydrogens is 484 g/mol. The maximum Gasteiger partial charge on any atom is 0.300 e. The molecule has 1 aliphatic rings.